The average Bonchev–Trinajstić information content (AvgIpc) is 3.43. The molecule has 1 aromatic heterocycles. The van der Waals surface area contributed by atoms with Gasteiger partial charge in [0, 0.05) is 24.4 Å². The molecule has 0 aliphatic carbocycles. The molecule has 1 atom stereocenters. The molecule has 4 aromatic carbocycles. The first-order chi connectivity index (χ1) is 18.8. The maximum Gasteiger partial charge on any atom is 0.271 e. The molecule has 2 heterocycles. The van der Waals surface area contributed by atoms with Gasteiger partial charge in [0.25, 0.3) is 5.91 Å². The molecule has 184 valence electrons. The highest BCUT2D eigenvalue weighted by Crippen LogP contribution is 2.39. The van der Waals surface area contributed by atoms with Crippen molar-refractivity contribution in [3.8, 4) is 0 Å². The van der Waals surface area contributed by atoms with Crippen LogP contribution >= 0.6 is 0 Å². The van der Waals surface area contributed by atoms with E-state index in [2.05, 4.69) is 87.3 Å². The Morgan fingerprint density at radius 1 is 0.842 bits per heavy atom. The summed E-state index contributed by atoms with van der Waals surface area (Å²) in [4.78, 5) is 16.1. The van der Waals surface area contributed by atoms with Crippen LogP contribution in [0.15, 0.2) is 132 Å². The van der Waals surface area contributed by atoms with Gasteiger partial charge in [0.15, 0.2) is 0 Å². The summed E-state index contributed by atoms with van der Waals surface area (Å²) < 4.78 is 0. The molecule has 1 N–H and O–H groups in total. The van der Waals surface area contributed by atoms with Crippen molar-refractivity contribution in [1.29, 1.82) is 0 Å². The second-order valence-corrected chi connectivity index (χ2v) is 9.07. The summed E-state index contributed by atoms with van der Waals surface area (Å²) in [5, 5.41) is 13.8. The zero-order chi connectivity index (χ0) is 25.7. The highest BCUT2D eigenvalue weighted by atomic mass is 16.2. The molecule has 1 aliphatic heterocycles. The third-order valence-electron chi connectivity index (χ3n) is 6.68. The van der Waals surface area contributed by atoms with Gasteiger partial charge in [-0.3, -0.25) is 14.8 Å². The number of hydrogen-bond donors (Lipinski definition) is 1. The molecule has 6 heteroatoms. The van der Waals surface area contributed by atoms with Crippen molar-refractivity contribution in [2.24, 2.45) is 10.2 Å². The van der Waals surface area contributed by atoms with E-state index in [4.69, 9.17) is 5.10 Å². The fourth-order valence-electron chi connectivity index (χ4n) is 4.78. The fraction of sp³-hybridized carbons (Fsp3) is 0.0625. The lowest BCUT2D eigenvalue weighted by Gasteiger charge is -2.25. The van der Waals surface area contributed by atoms with Crippen LogP contribution in [0.1, 0.15) is 39.5 Å². The SMILES string of the molecule is O=C(N/N=C\c1ccc(N2N=C(c3ccccc3)C[C@@H]2c2cccc3ccccc23)cc1)c1ccncc1. The van der Waals surface area contributed by atoms with E-state index in [-0.39, 0.29) is 11.9 Å². The van der Waals surface area contributed by atoms with Crippen molar-refractivity contribution in [2.75, 3.05) is 5.01 Å². The lowest BCUT2D eigenvalue weighted by atomic mass is 9.94. The lowest BCUT2D eigenvalue weighted by Crippen LogP contribution is -2.19. The Hall–Kier alpha value is -5.10. The van der Waals surface area contributed by atoms with Crippen molar-refractivity contribution in [2.45, 2.75) is 12.5 Å². The highest BCUT2D eigenvalue weighted by molar-refractivity contribution is 6.04. The average molecular weight is 496 g/mol. The number of pyridine rings is 1. The molecule has 38 heavy (non-hydrogen) atoms. The molecular formula is C32H25N5O. The molecule has 6 nitrogen and oxygen atoms in total. The van der Waals surface area contributed by atoms with E-state index in [1.807, 2.05) is 30.3 Å². The monoisotopic (exact) mass is 495 g/mol. The van der Waals surface area contributed by atoms with Crippen LogP contribution in [0.4, 0.5) is 5.69 Å². The Bertz CT molecular complexity index is 1620. The number of nitrogens with zero attached hydrogens (tertiary/aromatic N) is 4. The van der Waals surface area contributed by atoms with E-state index in [1.165, 1.54) is 16.3 Å². The van der Waals surface area contributed by atoms with Crippen LogP contribution in [0, 0.1) is 0 Å². The Morgan fingerprint density at radius 3 is 2.39 bits per heavy atom. The fourth-order valence-corrected chi connectivity index (χ4v) is 4.78. The van der Waals surface area contributed by atoms with Crippen LogP contribution in [-0.2, 0) is 0 Å². The van der Waals surface area contributed by atoms with E-state index in [0.29, 0.717) is 5.56 Å². The number of carbonyl (C=O) groups is 1. The standard InChI is InChI=1S/C32H25N5O/c38-32(26-17-19-33-20-18-26)35-34-22-23-13-15-27(16-14-23)37-31(21-30(36-37)25-8-2-1-3-9-25)29-12-6-10-24-7-4-5-11-28(24)29/h1-20,22,31H,21H2,(H,35,38)/b34-22-/t31-/m1/s1. The number of rotatable bonds is 6. The van der Waals surface area contributed by atoms with Gasteiger partial charge in [0.2, 0.25) is 0 Å². The molecule has 1 aliphatic rings. The third kappa shape index (κ3) is 4.80. The second kappa shape index (κ2) is 10.5. The van der Waals surface area contributed by atoms with Crippen LogP contribution in [0.2, 0.25) is 0 Å². The molecule has 0 fully saturated rings. The minimum atomic E-state index is -0.280. The molecule has 0 spiro atoms. The number of fused-ring (bicyclic) bond motifs is 1. The normalized spacial score (nSPS) is 15.1. The molecule has 0 bridgehead atoms. The van der Waals surface area contributed by atoms with Crippen LogP contribution in [0.5, 0.6) is 0 Å². The van der Waals surface area contributed by atoms with E-state index in [0.717, 1.165) is 28.9 Å². The number of nitrogens with one attached hydrogen (secondary N) is 1. The lowest BCUT2D eigenvalue weighted by molar-refractivity contribution is 0.0955. The van der Waals surface area contributed by atoms with E-state index >= 15 is 0 Å². The minimum Gasteiger partial charge on any atom is -0.267 e. The van der Waals surface area contributed by atoms with Gasteiger partial charge in [0.1, 0.15) is 0 Å². The molecule has 0 saturated carbocycles. The smallest absolute Gasteiger partial charge is 0.267 e. The van der Waals surface area contributed by atoms with Crippen molar-refractivity contribution < 1.29 is 4.79 Å². The van der Waals surface area contributed by atoms with Crippen LogP contribution < -0.4 is 10.4 Å². The number of carbonyl (C=O) groups excluding carboxylic acids is 1. The zero-order valence-electron chi connectivity index (χ0n) is 20.6. The summed E-state index contributed by atoms with van der Waals surface area (Å²) in [6.45, 7) is 0. The number of benzene rings is 4. The van der Waals surface area contributed by atoms with Gasteiger partial charge in [-0.1, -0.05) is 84.9 Å². The predicted molar refractivity (Wildman–Crippen MR) is 153 cm³/mol. The van der Waals surface area contributed by atoms with Gasteiger partial charge in [-0.2, -0.15) is 10.2 Å². The Kier molecular flexibility index (Phi) is 6.43. The number of amides is 1. The quantitative estimate of drug-likeness (QED) is 0.220. The van der Waals surface area contributed by atoms with Gasteiger partial charge in [-0.05, 0) is 51.7 Å². The van der Waals surface area contributed by atoms with Crippen molar-refractivity contribution in [3.63, 3.8) is 0 Å². The van der Waals surface area contributed by atoms with Crippen molar-refractivity contribution >= 4 is 34.3 Å². The molecule has 6 rings (SSSR count). The number of hydrazone groups is 2. The maximum absolute atomic E-state index is 12.2. The Morgan fingerprint density at radius 2 is 1.58 bits per heavy atom. The number of anilines is 1. The summed E-state index contributed by atoms with van der Waals surface area (Å²) >= 11 is 0. The van der Waals surface area contributed by atoms with Crippen molar-refractivity contribution in [1.82, 2.24) is 10.4 Å². The number of aromatic nitrogens is 1. The van der Waals surface area contributed by atoms with Crippen molar-refractivity contribution in [3.05, 3.63) is 144 Å². The molecule has 0 unspecified atom stereocenters. The van der Waals surface area contributed by atoms with Gasteiger partial charge in [-0.15, -0.1) is 0 Å². The van der Waals surface area contributed by atoms with Crippen LogP contribution in [-0.4, -0.2) is 22.8 Å². The number of hydrogen-bond acceptors (Lipinski definition) is 5. The first-order valence-electron chi connectivity index (χ1n) is 12.5. The van der Waals surface area contributed by atoms with Gasteiger partial charge < -0.3 is 0 Å². The van der Waals surface area contributed by atoms with Crippen LogP contribution in [0.25, 0.3) is 10.8 Å². The summed E-state index contributed by atoms with van der Waals surface area (Å²) in [7, 11) is 0. The first kappa shape index (κ1) is 23.3. The zero-order valence-corrected chi connectivity index (χ0v) is 20.6. The largest absolute Gasteiger partial charge is 0.271 e. The Labute approximate surface area is 221 Å². The van der Waals surface area contributed by atoms with E-state index in [1.54, 1.807) is 30.7 Å². The predicted octanol–water partition coefficient (Wildman–Crippen LogP) is 6.35. The van der Waals surface area contributed by atoms with Crippen LogP contribution in [0.3, 0.4) is 0 Å². The van der Waals surface area contributed by atoms with Gasteiger partial charge in [-0.25, -0.2) is 5.43 Å². The first-order valence-corrected chi connectivity index (χ1v) is 12.5. The Balaban J connectivity index is 1.28. The summed E-state index contributed by atoms with van der Waals surface area (Å²) in [5.41, 5.74) is 8.38. The molecular weight excluding hydrogens is 470 g/mol. The molecule has 5 aromatic rings. The van der Waals surface area contributed by atoms with Gasteiger partial charge >= 0.3 is 0 Å². The van der Waals surface area contributed by atoms with E-state index < -0.39 is 0 Å². The van der Waals surface area contributed by atoms with E-state index in [9.17, 15) is 4.79 Å². The molecule has 0 saturated heterocycles. The minimum absolute atomic E-state index is 0.0653. The summed E-state index contributed by atoms with van der Waals surface area (Å²) in [5.74, 6) is -0.280. The molecule has 0 radical (unpaired) electrons. The summed E-state index contributed by atoms with van der Waals surface area (Å²) in [6.07, 6.45) is 5.59. The topological polar surface area (TPSA) is 70.0 Å². The second-order valence-electron chi connectivity index (χ2n) is 9.07. The highest BCUT2D eigenvalue weighted by Gasteiger charge is 2.30. The summed E-state index contributed by atoms with van der Waals surface area (Å²) in [6, 6.07) is 36.7. The third-order valence-corrected chi connectivity index (χ3v) is 6.68. The maximum atomic E-state index is 12.2. The molecule has 1 amide bonds. The van der Waals surface area contributed by atoms with Gasteiger partial charge in [0.05, 0.1) is 23.7 Å².